The summed E-state index contributed by atoms with van der Waals surface area (Å²) < 4.78 is 0. The fourth-order valence-electron chi connectivity index (χ4n) is 2.01. The molecule has 0 bridgehead atoms. The second-order valence-corrected chi connectivity index (χ2v) is 3.72. The van der Waals surface area contributed by atoms with Crippen LogP contribution in [-0.4, -0.2) is 16.4 Å². The highest BCUT2D eigenvalue weighted by Gasteiger charge is 2.03. The molecule has 0 atom stereocenters. The maximum Gasteiger partial charge on any atom is 0.0734 e. The highest BCUT2D eigenvalue weighted by molar-refractivity contribution is 6.08. The number of nitrogens with one attached hydrogen (secondary N) is 1. The van der Waals surface area contributed by atoms with Crippen LogP contribution in [-0.2, 0) is 0 Å². The van der Waals surface area contributed by atoms with E-state index in [2.05, 4.69) is 22.3 Å². The van der Waals surface area contributed by atoms with Crippen LogP contribution in [0.5, 0.6) is 0 Å². The van der Waals surface area contributed by atoms with Crippen LogP contribution >= 0.6 is 0 Å². The topological polar surface area (TPSA) is 48.4 Å². The van der Waals surface area contributed by atoms with Crippen LogP contribution in [0.1, 0.15) is 5.56 Å². The summed E-state index contributed by atoms with van der Waals surface area (Å²) in [5.74, 6) is 0. The number of fused-ring (bicyclic) bond motifs is 3. The Kier molecular flexibility index (Phi) is 1.90. The first-order chi connectivity index (χ1) is 7.88. The summed E-state index contributed by atoms with van der Waals surface area (Å²) in [4.78, 5) is 3.34. The zero-order valence-electron chi connectivity index (χ0n) is 8.51. The summed E-state index contributed by atoms with van der Waals surface area (Å²) in [6.07, 6.45) is 1.43. The molecule has 0 aliphatic carbocycles. The number of oxime groups is 1. The van der Waals surface area contributed by atoms with Gasteiger partial charge in [-0.2, -0.15) is 0 Å². The quantitative estimate of drug-likeness (QED) is 0.362. The lowest BCUT2D eigenvalue weighted by Crippen LogP contribution is -1.79. The van der Waals surface area contributed by atoms with E-state index in [9.17, 15) is 0 Å². The summed E-state index contributed by atoms with van der Waals surface area (Å²) in [5.41, 5.74) is 3.10. The molecule has 3 heteroatoms. The zero-order chi connectivity index (χ0) is 11.0. The van der Waals surface area contributed by atoms with Gasteiger partial charge in [0.1, 0.15) is 0 Å². The minimum Gasteiger partial charge on any atom is -0.411 e. The van der Waals surface area contributed by atoms with Crippen LogP contribution in [0.15, 0.2) is 47.6 Å². The van der Waals surface area contributed by atoms with E-state index < -0.39 is 0 Å². The lowest BCUT2D eigenvalue weighted by molar-refractivity contribution is 0.322. The Balaban J connectivity index is 2.39. The molecule has 1 aromatic heterocycles. The average Bonchev–Trinajstić information content (AvgIpc) is 2.68. The van der Waals surface area contributed by atoms with Gasteiger partial charge in [-0.05, 0) is 23.8 Å². The summed E-state index contributed by atoms with van der Waals surface area (Å²) in [6.45, 7) is 0. The van der Waals surface area contributed by atoms with Crippen molar-refractivity contribution >= 4 is 28.0 Å². The van der Waals surface area contributed by atoms with E-state index in [1.165, 1.54) is 11.6 Å². The first-order valence-electron chi connectivity index (χ1n) is 5.06. The third kappa shape index (κ3) is 1.26. The molecule has 78 valence electrons. The van der Waals surface area contributed by atoms with E-state index in [0.29, 0.717) is 0 Å². The van der Waals surface area contributed by atoms with Crippen molar-refractivity contribution in [1.29, 1.82) is 0 Å². The summed E-state index contributed by atoms with van der Waals surface area (Å²) in [6, 6.07) is 14.1. The van der Waals surface area contributed by atoms with E-state index >= 15 is 0 Å². The smallest absolute Gasteiger partial charge is 0.0734 e. The monoisotopic (exact) mass is 210 g/mol. The number of aromatic amines is 1. The molecule has 3 aromatic rings. The summed E-state index contributed by atoms with van der Waals surface area (Å²) in [5, 5.41) is 13.9. The van der Waals surface area contributed by atoms with Gasteiger partial charge in [0.25, 0.3) is 0 Å². The molecule has 0 aliphatic rings. The Bertz CT molecular complexity index is 683. The Labute approximate surface area is 92.0 Å². The number of hydrogen-bond acceptors (Lipinski definition) is 2. The van der Waals surface area contributed by atoms with Gasteiger partial charge in [-0.25, -0.2) is 0 Å². The van der Waals surface area contributed by atoms with Crippen LogP contribution in [0, 0.1) is 0 Å². The van der Waals surface area contributed by atoms with Crippen molar-refractivity contribution in [3.8, 4) is 0 Å². The molecule has 0 aliphatic heterocycles. The molecule has 0 unspecified atom stereocenters. The first-order valence-corrected chi connectivity index (χ1v) is 5.06. The molecule has 2 N–H and O–H groups in total. The van der Waals surface area contributed by atoms with Crippen molar-refractivity contribution in [3.63, 3.8) is 0 Å². The Morgan fingerprint density at radius 2 is 1.81 bits per heavy atom. The van der Waals surface area contributed by atoms with Crippen molar-refractivity contribution < 1.29 is 5.21 Å². The van der Waals surface area contributed by atoms with Crippen LogP contribution in [0.4, 0.5) is 0 Å². The van der Waals surface area contributed by atoms with E-state index in [1.54, 1.807) is 0 Å². The minimum atomic E-state index is 0.889. The minimum absolute atomic E-state index is 0.889. The number of rotatable bonds is 1. The van der Waals surface area contributed by atoms with Gasteiger partial charge in [0.2, 0.25) is 0 Å². The number of nitrogens with zero attached hydrogens (tertiary/aromatic N) is 1. The number of para-hydroxylation sites is 1. The molecule has 0 radical (unpaired) electrons. The molecule has 0 spiro atoms. The van der Waals surface area contributed by atoms with Crippen molar-refractivity contribution in [3.05, 3.63) is 48.0 Å². The molecule has 0 saturated carbocycles. The van der Waals surface area contributed by atoms with Crippen molar-refractivity contribution in [2.24, 2.45) is 5.16 Å². The fourth-order valence-corrected chi connectivity index (χ4v) is 2.01. The number of aromatic nitrogens is 1. The lowest BCUT2D eigenvalue weighted by Gasteiger charge is -1.93. The fraction of sp³-hybridized carbons (Fsp3) is 0. The van der Waals surface area contributed by atoms with E-state index in [4.69, 9.17) is 5.21 Å². The molecule has 0 amide bonds. The van der Waals surface area contributed by atoms with E-state index in [-0.39, 0.29) is 0 Å². The number of benzene rings is 2. The van der Waals surface area contributed by atoms with Gasteiger partial charge < -0.3 is 10.2 Å². The zero-order valence-corrected chi connectivity index (χ0v) is 8.51. The van der Waals surface area contributed by atoms with Crippen molar-refractivity contribution in [2.75, 3.05) is 0 Å². The van der Waals surface area contributed by atoms with E-state index in [0.717, 1.165) is 22.0 Å². The van der Waals surface area contributed by atoms with Crippen LogP contribution in [0.25, 0.3) is 21.8 Å². The second-order valence-electron chi connectivity index (χ2n) is 3.72. The molecule has 16 heavy (non-hydrogen) atoms. The molecular formula is C13H10N2O. The third-order valence-corrected chi connectivity index (χ3v) is 2.74. The molecule has 2 aromatic carbocycles. The van der Waals surface area contributed by atoms with Gasteiger partial charge in [0.05, 0.1) is 6.21 Å². The molecular weight excluding hydrogens is 200 g/mol. The maximum absolute atomic E-state index is 8.52. The van der Waals surface area contributed by atoms with Gasteiger partial charge in [-0.15, -0.1) is 0 Å². The highest BCUT2D eigenvalue weighted by atomic mass is 16.4. The average molecular weight is 210 g/mol. The SMILES string of the molecule is O/N=C/c1ccc2[nH]c3ccccc3c2c1. The Morgan fingerprint density at radius 3 is 2.69 bits per heavy atom. The standard InChI is InChI=1S/C13H10N2O/c16-14-8-9-5-6-13-11(7-9)10-3-1-2-4-12(10)15-13/h1-8,15-16H/b14-8+. The number of hydrogen-bond donors (Lipinski definition) is 2. The summed E-state index contributed by atoms with van der Waals surface area (Å²) in [7, 11) is 0. The van der Waals surface area contributed by atoms with Gasteiger partial charge in [0, 0.05) is 21.8 Å². The van der Waals surface area contributed by atoms with Gasteiger partial charge in [-0.1, -0.05) is 29.4 Å². The van der Waals surface area contributed by atoms with Crippen molar-refractivity contribution in [2.45, 2.75) is 0 Å². The molecule has 1 heterocycles. The second kappa shape index (κ2) is 3.38. The predicted octanol–water partition coefficient (Wildman–Crippen LogP) is 3.13. The third-order valence-electron chi connectivity index (χ3n) is 2.74. The van der Waals surface area contributed by atoms with Gasteiger partial charge >= 0.3 is 0 Å². The highest BCUT2D eigenvalue weighted by Crippen LogP contribution is 2.25. The first kappa shape index (κ1) is 8.97. The molecule has 0 saturated heterocycles. The number of H-pyrrole nitrogens is 1. The Hall–Kier alpha value is -2.29. The van der Waals surface area contributed by atoms with Crippen molar-refractivity contribution in [1.82, 2.24) is 4.98 Å². The largest absolute Gasteiger partial charge is 0.411 e. The van der Waals surface area contributed by atoms with E-state index in [1.807, 2.05) is 30.3 Å². The van der Waals surface area contributed by atoms with Gasteiger partial charge in [0.15, 0.2) is 0 Å². The molecule has 3 rings (SSSR count). The van der Waals surface area contributed by atoms with Crippen LogP contribution in [0.3, 0.4) is 0 Å². The van der Waals surface area contributed by atoms with Crippen LogP contribution < -0.4 is 0 Å². The molecule has 0 fully saturated rings. The van der Waals surface area contributed by atoms with Gasteiger partial charge in [-0.3, -0.25) is 0 Å². The molecule has 3 nitrogen and oxygen atoms in total. The van der Waals surface area contributed by atoms with Crippen LogP contribution in [0.2, 0.25) is 0 Å². The summed E-state index contributed by atoms with van der Waals surface area (Å²) >= 11 is 0. The Morgan fingerprint density at radius 1 is 1.00 bits per heavy atom. The predicted molar refractivity (Wildman–Crippen MR) is 65.2 cm³/mol. The maximum atomic E-state index is 8.52. The normalized spacial score (nSPS) is 11.8. The lowest BCUT2D eigenvalue weighted by atomic mass is 10.1.